The van der Waals surface area contributed by atoms with Crippen molar-refractivity contribution in [3.63, 3.8) is 0 Å². The SMILES string of the molecule is CC(C)COC(=O)Oc1cc(OC(=O)OCC(C)C)c2c(c1)OC(c1ccc(O)c(O)c1)[C@H](O)C2. The summed E-state index contributed by atoms with van der Waals surface area (Å²) in [7, 11) is 0. The van der Waals surface area contributed by atoms with Crippen LogP contribution in [-0.2, 0) is 15.9 Å². The second kappa shape index (κ2) is 11.2. The molecule has 1 aliphatic heterocycles. The van der Waals surface area contributed by atoms with Crippen molar-refractivity contribution in [2.75, 3.05) is 13.2 Å². The largest absolute Gasteiger partial charge is 0.513 e. The minimum absolute atomic E-state index is 0.00558. The smallest absolute Gasteiger partial charge is 0.504 e. The Hall–Kier alpha value is -3.66. The molecule has 0 saturated carbocycles. The Labute approximate surface area is 203 Å². The maximum absolute atomic E-state index is 12.2. The molecular weight excluding hydrogens is 460 g/mol. The lowest BCUT2D eigenvalue weighted by atomic mass is 9.94. The van der Waals surface area contributed by atoms with Crippen molar-refractivity contribution in [2.45, 2.75) is 46.3 Å². The summed E-state index contributed by atoms with van der Waals surface area (Å²) < 4.78 is 26.7. The third-order valence-electron chi connectivity index (χ3n) is 4.95. The maximum atomic E-state index is 12.2. The fourth-order valence-corrected chi connectivity index (χ4v) is 3.31. The fraction of sp³-hybridized carbons (Fsp3) is 0.440. The van der Waals surface area contributed by atoms with Gasteiger partial charge in [-0.15, -0.1) is 0 Å². The van der Waals surface area contributed by atoms with Crippen molar-refractivity contribution in [1.82, 2.24) is 0 Å². The van der Waals surface area contributed by atoms with E-state index < -0.39 is 24.5 Å². The first-order valence-corrected chi connectivity index (χ1v) is 11.3. The zero-order valence-electron chi connectivity index (χ0n) is 20.0. The molecule has 35 heavy (non-hydrogen) atoms. The Kier molecular flexibility index (Phi) is 8.29. The first kappa shape index (κ1) is 26.0. The highest BCUT2D eigenvalue weighted by molar-refractivity contribution is 5.69. The normalized spacial score (nSPS) is 16.9. The molecule has 1 aliphatic rings. The number of aromatic hydroxyl groups is 2. The van der Waals surface area contributed by atoms with E-state index in [-0.39, 0.29) is 60.2 Å². The topological polar surface area (TPSA) is 141 Å². The summed E-state index contributed by atoms with van der Waals surface area (Å²) in [6.07, 6.45) is -3.88. The van der Waals surface area contributed by atoms with Crippen molar-refractivity contribution in [3.8, 4) is 28.7 Å². The third-order valence-corrected chi connectivity index (χ3v) is 4.95. The van der Waals surface area contributed by atoms with Crippen molar-refractivity contribution in [3.05, 3.63) is 41.5 Å². The lowest BCUT2D eigenvalue weighted by molar-refractivity contribution is 0.0190. The van der Waals surface area contributed by atoms with Gasteiger partial charge in [0.25, 0.3) is 0 Å². The van der Waals surface area contributed by atoms with E-state index in [0.717, 1.165) is 0 Å². The lowest BCUT2D eigenvalue weighted by Crippen LogP contribution is -2.31. The number of rotatable bonds is 7. The van der Waals surface area contributed by atoms with E-state index in [1.54, 1.807) is 0 Å². The molecule has 3 rings (SSSR count). The summed E-state index contributed by atoms with van der Waals surface area (Å²) in [5.41, 5.74) is 0.765. The quantitative estimate of drug-likeness (QED) is 0.289. The predicted octanol–water partition coefficient (Wildman–Crippen LogP) is 4.48. The number of aliphatic hydroxyl groups excluding tert-OH is 1. The molecule has 0 amide bonds. The molecule has 0 saturated heterocycles. The number of aliphatic hydroxyl groups is 1. The highest BCUT2D eigenvalue weighted by Crippen LogP contribution is 2.43. The van der Waals surface area contributed by atoms with Gasteiger partial charge in [0.1, 0.15) is 23.4 Å². The van der Waals surface area contributed by atoms with E-state index in [1.165, 1.54) is 30.3 Å². The van der Waals surface area contributed by atoms with Crippen molar-refractivity contribution >= 4 is 12.3 Å². The van der Waals surface area contributed by atoms with Gasteiger partial charge in [0, 0.05) is 24.1 Å². The van der Waals surface area contributed by atoms with Gasteiger partial charge in [0.05, 0.1) is 19.3 Å². The van der Waals surface area contributed by atoms with Crippen LogP contribution in [0.25, 0.3) is 0 Å². The van der Waals surface area contributed by atoms with E-state index in [2.05, 4.69) is 0 Å². The van der Waals surface area contributed by atoms with Crippen LogP contribution in [-0.4, -0.2) is 46.9 Å². The summed E-state index contributed by atoms with van der Waals surface area (Å²) in [4.78, 5) is 24.3. The second-order valence-electron chi connectivity index (χ2n) is 9.07. The Morgan fingerprint density at radius 2 is 1.57 bits per heavy atom. The minimum Gasteiger partial charge on any atom is -0.504 e. The van der Waals surface area contributed by atoms with Crippen LogP contribution < -0.4 is 14.2 Å². The maximum Gasteiger partial charge on any atom is 0.513 e. The van der Waals surface area contributed by atoms with Crippen LogP contribution in [0.1, 0.15) is 44.9 Å². The molecular formula is C25H30O10. The van der Waals surface area contributed by atoms with Crippen LogP contribution in [0.3, 0.4) is 0 Å². The molecule has 0 spiro atoms. The van der Waals surface area contributed by atoms with Gasteiger partial charge in [-0.2, -0.15) is 0 Å². The molecule has 2 atom stereocenters. The van der Waals surface area contributed by atoms with Crippen molar-refractivity contribution < 1.29 is 48.6 Å². The highest BCUT2D eigenvalue weighted by Gasteiger charge is 2.34. The van der Waals surface area contributed by atoms with Gasteiger partial charge in [-0.25, -0.2) is 9.59 Å². The molecule has 1 unspecified atom stereocenters. The minimum atomic E-state index is -1.08. The molecule has 0 fully saturated rings. The van der Waals surface area contributed by atoms with E-state index in [9.17, 15) is 24.9 Å². The molecule has 1 heterocycles. The number of benzene rings is 2. The molecule has 2 aromatic carbocycles. The zero-order chi connectivity index (χ0) is 25.7. The lowest BCUT2D eigenvalue weighted by Gasteiger charge is -2.32. The molecule has 10 heteroatoms. The number of carbonyl (C=O) groups is 2. The molecule has 0 aliphatic carbocycles. The van der Waals surface area contributed by atoms with Gasteiger partial charge in [0.2, 0.25) is 0 Å². The average Bonchev–Trinajstić information content (AvgIpc) is 2.78. The van der Waals surface area contributed by atoms with Crippen LogP contribution in [0.4, 0.5) is 9.59 Å². The highest BCUT2D eigenvalue weighted by atomic mass is 16.7. The summed E-state index contributed by atoms with van der Waals surface area (Å²) >= 11 is 0. The Balaban J connectivity index is 1.91. The van der Waals surface area contributed by atoms with Gasteiger partial charge in [-0.1, -0.05) is 33.8 Å². The van der Waals surface area contributed by atoms with Crippen molar-refractivity contribution in [1.29, 1.82) is 0 Å². The Morgan fingerprint density at radius 1 is 0.943 bits per heavy atom. The van der Waals surface area contributed by atoms with Gasteiger partial charge < -0.3 is 39.0 Å². The number of phenols is 2. The Morgan fingerprint density at radius 3 is 2.17 bits per heavy atom. The van der Waals surface area contributed by atoms with Crippen molar-refractivity contribution in [2.24, 2.45) is 11.8 Å². The number of phenolic OH excluding ortho intramolecular Hbond substituents is 2. The number of carbonyl (C=O) groups excluding carboxylic acids is 2. The molecule has 0 radical (unpaired) electrons. The Bertz CT molecular complexity index is 1060. The van der Waals surface area contributed by atoms with E-state index in [0.29, 0.717) is 11.1 Å². The monoisotopic (exact) mass is 490 g/mol. The first-order valence-electron chi connectivity index (χ1n) is 11.3. The standard InChI is InChI=1S/C25H30O10/c1-13(2)11-31-24(29)33-16-8-21-17(22(9-16)35-25(30)32-12-14(3)4)10-20(28)23(34-21)15-5-6-18(26)19(27)7-15/h5-9,13-14,20,23,26-28H,10-12H2,1-4H3/t20-,23?/m1/s1. The number of fused-ring (bicyclic) bond motifs is 1. The fourth-order valence-electron chi connectivity index (χ4n) is 3.31. The number of hydrogen-bond acceptors (Lipinski definition) is 10. The van der Waals surface area contributed by atoms with Crippen LogP contribution in [0.15, 0.2) is 30.3 Å². The molecule has 0 bridgehead atoms. The number of hydrogen-bond donors (Lipinski definition) is 3. The molecule has 0 aromatic heterocycles. The van der Waals surface area contributed by atoms with E-state index in [4.69, 9.17) is 23.7 Å². The summed E-state index contributed by atoms with van der Waals surface area (Å²) in [6.45, 7) is 7.80. The van der Waals surface area contributed by atoms with Gasteiger partial charge in [-0.3, -0.25) is 0 Å². The predicted molar refractivity (Wildman–Crippen MR) is 123 cm³/mol. The molecule has 10 nitrogen and oxygen atoms in total. The van der Waals surface area contributed by atoms with Crippen LogP contribution in [0.2, 0.25) is 0 Å². The third kappa shape index (κ3) is 6.92. The summed E-state index contributed by atoms with van der Waals surface area (Å²) in [5, 5.41) is 30.2. The van der Waals surface area contributed by atoms with Crippen LogP contribution in [0, 0.1) is 11.8 Å². The van der Waals surface area contributed by atoms with E-state index >= 15 is 0 Å². The van der Waals surface area contributed by atoms with Gasteiger partial charge in [-0.05, 0) is 29.5 Å². The van der Waals surface area contributed by atoms with E-state index in [1.807, 2.05) is 27.7 Å². The van der Waals surface area contributed by atoms with Crippen LogP contribution >= 0.6 is 0 Å². The number of ether oxygens (including phenoxy) is 5. The average molecular weight is 491 g/mol. The zero-order valence-corrected chi connectivity index (χ0v) is 20.0. The van der Waals surface area contributed by atoms with Gasteiger partial charge in [0.15, 0.2) is 11.5 Å². The second-order valence-corrected chi connectivity index (χ2v) is 9.07. The van der Waals surface area contributed by atoms with Gasteiger partial charge >= 0.3 is 12.3 Å². The molecule has 2 aromatic rings. The van der Waals surface area contributed by atoms with Crippen LogP contribution in [0.5, 0.6) is 28.7 Å². The summed E-state index contributed by atoms with van der Waals surface area (Å²) in [5.74, 6) is -0.310. The molecule has 3 N–H and O–H groups in total. The summed E-state index contributed by atoms with van der Waals surface area (Å²) in [6, 6.07) is 6.78. The molecule has 190 valence electrons. The first-order chi connectivity index (χ1) is 16.5.